The van der Waals surface area contributed by atoms with Gasteiger partial charge in [-0.25, -0.2) is 9.80 Å². The molecule has 1 aromatic rings. The van der Waals surface area contributed by atoms with Crippen LogP contribution in [0.2, 0.25) is 0 Å². The van der Waals surface area contributed by atoms with E-state index in [2.05, 4.69) is 17.3 Å². The Hall–Kier alpha value is -2.34. The van der Waals surface area contributed by atoms with E-state index >= 15 is 0 Å². The molecule has 108 valence electrons. The van der Waals surface area contributed by atoms with Crippen molar-refractivity contribution < 1.29 is 14.7 Å². The van der Waals surface area contributed by atoms with Gasteiger partial charge in [-0.2, -0.15) is 0 Å². The standard InChI is InChI=1S/C14H19N3O3/c1-3-9-17(10-13(18)19)16-14(20)15-11(2)12-7-5-4-6-8-12/h3-8,11H,1,9-10H2,2H3,(H,18,19)(H2,15,16,20). The van der Waals surface area contributed by atoms with Gasteiger partial charge in [-0.1, -0.05) is 36.4 Å². The van der Waals surface area contributed by atoms with Crippen LogP contribution in [-0.4, -0.2) is 35.2 Å². The molecule has 2 amide bonds. The van der Waals surface area contributed by atoms with Gasteiger partial charge in [-0.05, 0) is 12.5 Å². The maximum Gasteiger partial charge on any atom is 0.329 e. The lowest BCUT2D eigenvalue weighted by Gasteiger charge is -2.22. The summed E-state index contributed by atoms with van der Waals surface area (Å²) in [5, 5.41) is 12.7. The molecule has 1 unspecified atom stereocenters. The third-order valence-corrected chi connectivity index (χ3v) is 2.58. The molecule has 1 aromatic carbocycles. The van der Waals surface area contributed by atoms with Crippen molar-refractivity contribution in [3.8, 4) is 0 Å². The molecule has 6 nitrogen and oxygen atoms in total. The number of aliphatic carboxylic acids is 1. The minimum atomic E-state index is -1.02. The summed E-state index contributed by atoms with van der Waals surface area (Å²) in [4.78, 5) is 22.5. The molecule has 0 saturated carbocycles. The molecule has 1 atom stereocenters. The number of hydrazine groups is 1. The second-order valence-electron chi connectivity index (χ2n) is 4.28. The predicted octanol–water partition coefficient (Wildman–Crippen LogP) is 1.53. The number of carbonyl (C=O) groups excluding carboxylic acids is 1. The fraction of sp³-hybridized carbons (Fsp3) is 0.286. The van der Waals surface area contributed by atoms with E-state index < -0.39 is 12.0 Å². The third kappa shape index (κ3) is 5.53. The van der Waals surface area contributed by atoms with E-state index in [0.29, 0.717) is 0 Å². The van der Waals surface area contributed by atoms with E-state index in [1.807, 2.05) is 37.3 Å². The number of rotatable bonds is 7. The fourth-order valence-electron chi connectivity index (χ4n) is 1.67. The predicted molar refractivity (Wildman–Crippen MR) is 75.9 cm³/mol. The van der Waals surface area contributed by atoms with Crippen molar-refractivity contribution in [3.63, 3.8) is 0 Å². The quantitative estimate of drug-likeness (QED) is 0.521. The summed E-state index contributed by atoms with van der Waals surface area (Å²) in [7, 11) is 0. The van der Waals surface area contributed by atoms with Gasteiger partial charge in [-0.15, -0.1) is 6.58 Å². The third-order valence-electron chi connectivity index (χ3n) is 2.58. The smallest absolute Gasteiger partial charge is 0.329 e. The average molecular weight is 277 g/mol. The van der Waals surface area contributed by atoms with Gasteiger partial charge in [0.25, 0.3) is 0 Å². The van der Waals surface area contributed by atoms with Crippen LogP contribution in [0.15, 0.2) is 43.0 Å². The van der Waals surface area contributed by atoms with Crippen molar-refractivity contribution in [2.75, 3.05) is 13.1 Å². The summed E-state index contributed by atoms with van der Waals surface area (Å²) in [5.74, 6) is -1.02. The summed E-state index contributed by atoms with van der Waals surface area (Å²) < 4.78 is 0. The van der Waals surface area contributed by atoms with E-state index in [4.69, 9.17) is 5.11 Å². The van der Waals surface area contributed by atoms with Crippen LogP contribution in [0.25, 0.3) is 0 Å². The highest BCUT2D eigenvalue weighted by Gasteiger charge is 2.13. The molecule has 0 aliphatic carbocycles. The minimum Gasteiger partial charge on any atom is -0.480 e. The molecule has 0 aromatic heterocycles. The number of amides is 2. The number of hydrogen-bond donors (Lipinski definition) is 3. The number of carboxylic acid groups (broad SMARTS) is 1. The SMILES string of the molecule is C=CCN(CC(=O)O)NC(=O)NC(C)c1ccccc1. The van der Waals surface area contributed by atoms with Gasteiger partial charge < -0.3 is 10.4 Å². The van der Waals surface area contributed by atoms with Crippen molar-refractivity contribution in [1.29, 1.82) is 0 Å². The monoisotopic (exact) mass is 277 g/mol. The van der Waals surface area contributed by atoms with Gasteiger partial charge in [0.15, 0.2) is 0 Å². The largest absolute Gasteiger partial charge is 0.480 e. The Morgan fingerprint density at radius 3 is 2.60 bits per heavy atom. The van der Waals surface area contributed by atoms with Crippen molar-refractivity contribution in [2.45, 2.75) is 13.0 Å². The molecule has 0 bridgehead atoms. The first-order valence-electron chi connectivity index (χ1n) is 6.22. The Bertz CT molecular complexity index is 462. The Morgan fingerprint density at radius 2 is 2.05 bits per heavy atom. The topological polar surface area (TPSA) is 81.7 Å². The lowest BCUT2D eigenvalue weighted by atomic mass is 10.1. The van der Waals surface area contributed by atoms with Gasteiger partial charge in [0.2, 0.25) is 0 Å². The fourth-order valence-corrected chi connectivity index (χ4v) is 1.67. The Labute approximate surface area is 118 Å². The van der Waals surface area contributed by atoms with E-state index in [9.17, 15) is 9.59 Å². The first kappa shape index (κ1) is 15.7. The lowest BCUT2D eigenvalue weighted by Crippen LogP contribution is -2.49. The van der Waals surface area contributed by atoms with Crippen LogP contribution >= 0.6 is 0 Å². The molecule has 6 heteroatoms. The number of urea groups is 1. The number of benzene rings is 1. The molecule has 0 radical (unpaired) electrons. The summed E-state index contributed by atoms with van der Waals surface area (Å²) in [6.45, 7) is 5.33. The second-order valence-corrected chi connectivity index (χ2v) is 4.28. The van der Waals surface area contributed by atoms with Crippen LogP contribution in [0.5, 0.6) is 0 Å². The molecule has 0 spiro atoms. The maximum absolute atomic E-state index is 11.8. The number of carboxylic acids is 1. The summed E-state index contributed by atoms with van der Waals surface area (Å²) in [6, 6.07) is 8.86. The molecular weight excluding hydrogens is 258 g/mol. The molecule has 0 saturated heterocycles. The van der Waals surface area contributed by atoms with Gasteiger partial charge in [0, 0.05) is 6.54 Å². The lowest BCUT2D eigenvalue weighted by molar-refractivity contribution is -0.138. The molecule has 20 heavy (non-hydrogen) atoms. The zero-order valence-electron chi connectivity index (χ0n) is 11.4. The molecule has 3 N–H and O–H groups in total. The van der Waals surface area contributed by atoms with Crippen molar-refractivity contribution in [2.24, 2.45) is 0 Å². The Morgan fingerprint density at radius 1 is 1.40 bits per heavy atom. The van der Waals surface area contributed by atoms with Crippen LogP contribution in [0.4, 0.5) is 4.79 Å². The normalized spacial score (nSPS) is 11.7. The van der Waals surface area contributed by atoms with Crippen LogP contribution in [0, 0.1) is 0 Å². The highest BCUT2D eigenvalue weighted by atomic mass is 16.4. The molecule has 0 heterocycles. The van der Waals surface area contributed by atoms with Gasteiger partial charge in [0.1, 0.15) is 6.54 Å². The zero-order valence-corrected chi connectivity index (χ0v) is 11.4. The maximum atomic E-state index is 11.8. The zero-order chi connectivity index (χ0) is 15.0. The molecule has 0 aliphatic heterocycles. The Kier molecular flexibility index (Phi) is 6.25. The highest BCUT2D eigenvalue weighted by molar-refractivity contribution is 5.75. The van der Waals surface area contributed by atoms with Gasteiger partial charge in [0.05, 0.1) is 6.04 Å². The van der Waals surface area contributed by atoms with Crippen LogP contribution in [-0.2, 0) is 4.79 Å². The summed E-state index contributed by atoms with van der Waals surface area (Å²) in [6.07, 6.45) is 1.52. The molecule has 1 rings (SSSR count). The van der Waals surface area contributed by atoms with E-state index in [-0.39, 0.29) is 19.1 Å². The minimum absolute atomic E-state index is 0.174. The number of hydrogen-bond acceptors (Lipinski definition) is 3. The van der Waals surface area contributed by atoms with Gasteiger partial charge in [-0.3, -0.25) is 10.2 Å². The van der Waals surface area contributed by atoms with Crippen molar-refractivity contribution in [3.05, 3.63) is 48.6 Å². The van der Waals surface area contributed by atoms with E-state index in [1.165, 1.54) is 11.1 Å². The van der Waals surface area contributed by atoms with Crippen LogP contribution < -0.4 is 10.7 Å². The highest BCUT2D eigenvalue weighted by Crippen LogP contribution is 2.10. The Balaban J connectivity index is 2.52. The van der Waals surface area contributed by atoms with Crippen LogP contribution in [0.3, 0.4) is 0 Å². The average Bonchev–Trinajstić information content (AvgIpc) is 2.39. The first-order valence-corrected chi connectivity index (χ1v) is 6.22. The molecule has 0 aliphatic rings. The second kappa shape index (κ2) is 7.96. The molecular formula is C14H19N3O3. The van der Waals surface area contributed by atoms with Crippen LogP contribution in [0.1, 0.15) is 18.5 Å². The van der Waals surface area contributed by atoms with E-state index in [1.54, 1.807) is 0 Å². The molecule has 0 fully saturated rings. The summed E-state index contributed by atoms with van der Waals surface area (Å²) >= 11 is 0. The van der Waals surface area contributed by atoms with Crippen molar-refractivity contribution in [1.82, 2.24) is 15.8 Å². The number of carbonyl (C=O) groups is 2. The number of nitrogens with zero attached hydrogens (tertiary/aromatic N) is 1. The van der Waals surface area contributed by atoms with Gasteiger partial charge >= 0.3 is 12.0 Å². The summed E-state index contributed by atoms with van der Waals surface area (Å²) in [5.41, 5.74) is 3.45. The number of nitrogens with one attached hydrogen (secondary N) is 2. The van der Waals surface area contributed by atoms with E-state index in [0.717, 1.165) is 5.56 Å². The first-order chi connectivity index (χ1) is 9.52. The van der Waals surface area contributed by atoms with Crippen molar-refractivity contribution >= 4 is 12.0 Å².